The Morgan fingerprint density at radius 3 is 2.90 bits per heavy atom. The molecule has 0 radical (unpaired) electrons. The van der Waals surface area contributed by atoms with Gasteiger partial charge in [-0.15, -0.1) is 10.2 Å². The third-order valence-electron chi connectivity index (χ3n) is 3.89. The van der Waals surface area contributed by atoms with Crippen LogP contribution in [0.2, 0.25) is 0 Å². The third kappa shape index (κ3) is 2.81. The van der Waals surface area contributed by atoms with Crippen LogP contribution in [0.1, 0.15) is 24.6 Å². The molecule has 1 aliphatic rings. The fourth-order valence-corrected chi connectivity index (χ4v) is 2.79. The van der Waals surface area contributed by atoms with Crippen molar-refractivity contribution < 1.29 is 0 Å². The van der Waals surface area contributed by atoms with E-state index in [4.69, 9.17) is 0 Å². The van der Waals surface area contributed by atoms with Gasteiger partial charge in [-0.2, -0.15) is 4.98 Å². The molecule has 7 heteroatoms. The first-order valence-electron chi connectivity index (χ1n) is 7.24. The van der Waals surface area contributed by atoms with Gasteiger partial charge in [-0.05, 0) is 18.9 Å². The summed E-state index contributed by atoms with van der Waals surface area (Å²) in [6.07, 6.45) is 5.88. The Labute approximate surface area is 124 Å². The molecule has 3 rings (SSSR count). The van der Waals surface area contributed by atoms with Gasteiger partial charge in [0.25, 0.3) is 0 Å². The van der Waals surface area contributed by atoms with E-state index in [-0.39, 0.29) is 0 Å². The molecule has 2 aromatic heterocycles. The maximum absolute atomic E-state index is 4.63. The predicted octanol–water partition coefficient (Wildman–Crippen LogP) is 1.06. The van der Waals surface area contributed by atoms with Gasteiger partial charge in [0.1, 0.15) is 18.0 Å². The number of hydrogen-bond acceptors (Lipinski definition) is 6. The van der Waals surface area contributed by atoms with Crippen molar-refractivity contribution in [3.05, 3.63) is 24.4 Å². The summed E-state index contributed by atoms with van der Waals surface area (Å²) in [6.45, 7) is 1.95. The van der Waals surface area contributed by atoms with Gasteiger partial charge in [0.15, 0.2) is 0 Å². The molecular weight excluding hydrogens is 266 g/mol. The zero-order valence-electron chi connectivity index (χ0n) is 12.8. The van der Waals surface area contributed by atoms with Gasteiger partial charge in [0, 0.05) is 46.3 Å². The molecule has 0 N–H and O–H groups in total. The van der Waals surface area contributed by atoms with Crippen LogP contribution in [0.25, 0.3) is 0 Å². The quantitative estimate of drug-likeness (QED) is 0.841. The number of aryl methyl sites for hydroxylation is 1. The average molecular weight is 287 g/mol. The highest BCUT2D eigenvalue weighted by molar-refractivity contribution is 5.44. The molecule has 1 atom stereocenters. The van der Waals surface area contributed by atoms with Gasteiger partial charge in [-0.25, -0.2) is 4.98 Å². The van der Waals surface area contributed by atoms with Gasteiger partial charge in [0.2, 0.25) is 5.95 Å². The number of rotatable bonds is 3. The lowest BCUT2D eigenvalue weighted by Crippen LogP contribution is -2.36. The molecule has 0 aliphatic carbocycles. The molecule has 1 aliphatic heterocycles. The number of piperidine rings is 1. The molecule has 0 saturated carbocycles. The van der Waals surface area contributed by atoms with Crippen molar-refractivity contribution in [1.29, 1.82) is 0 Å². The van der Waals surface area contributed by atoms with Crippen LogP contribution in [-0.4, -0.2) is 51.9 Å². The Kier molecular flexibility index (Phi) is 3.72. The minimum Gasteiger partial charge on any atom is -0.356 e. The smallest absolute Gasteiger partial charge is 0.226 e. The summed E-state index contributed by atoms with van der Waals surface area (Å²) in [5, 5.41) is 8.25. The maximum atomic E-state index is 4.63. The van der Waals surface area contributed by atoms with E-state index in [9.17, 15) is 0 Å². The molecule has 0 amide bonds. The Morgan fingerprint density at radius 1 is 1.33 bits per heavy atom. The number of nitrogens with zero attached hydrogens (tertiary/aromatic N) is 7. The standard InChI is InChI=1S/C14H21N7/c1-19(2)14-15-7-6-12(17-14)21-8-4-5-11(9-21)13-18-16-10-20(13)3/h6-7,10-11H,4-5,8-9H2,1-3H3. The number of anilines is 2. The molecule has 112 valence electrons. The molecule has 0 spiro atoms. The van der Waals surface area contributed by atoms with Crippen LogP contribution in [0, 0.1) is 0 Å². The van der Waals surface area contributed by atoms with Crippen LogP contribution in [0.15, 0.2) is 18.6 Å². The number of hydrogen-bond donors (Lipinski definition) is 0. The molecule has 21 heavy (non-hydrogen) atoms. The van der Waals surface area contributed by atoms with Crippen molar-refractivity contribution in [3.63, 3.8) is 0 Å². The largest absolute Gasteiger partial charge is 0.356 e. The van der Waals surface area contributed by atoms with Crippen LogP contribution in [0.3, 0.4) is 0 Å². The SMILES string of the molecule is CN(C)c1nccc(N2CCCC(c3nncn3C)C2)n1. The van der Waals surface area contributed by atoms with Crippen molar-refractivity contribution >= 4 is 11.8 Å². The van der Waals surface area contributed by atoms with E-state index >= 15 is 0 Å². The summed E-state index contributed by atoms with van der Waals surface area (Å²) in [6, 6.07) is 1.98. The van der Waals surface area contributed by atoms with Crippen LogP contribution < -0.4 is 9.80 Å². The highest BCUT2D eigenvalue weighted by Crippen LogP contribution is 2.28. The lowest BCUT2D eigenvalue weighted by molar-refractivity contribution is 0.477. The van der Waals surface area contributed by atoms with Gasteiger partial charge in [-0.1, -0.05) is 0 Å². The summed E-state index contributed by atoms with van der Waals surface area (Å²) in [5.41, 5.74) is 0. The number of aromatic nitrogens is 5. The predicted molar refractivity (Wildman–Crippen MR) is 81.6 cm³/mol. The van der Waals surface area contributed by atoms with Crippen LogP contribution in [0.5, 0.6) is 0 Å². The third-order valence-corrected chi connectivity index (χ3v) is 3.89. The summed E-state index contributed by atoms with van der Waals surface area (Å²) in [5.74, 6) is 3.19. The lowest BCUT2D eigenvalue weighted by Gasteiger charge is -2.33. The molecule has 3 heterocycles. The minimum absolute atomic E-state index is 0.407. The molecule has 0 aromatic carbocycles. The lowest BCUT2D eigenvalue weighted by atomic mass is 9.97. The van der Waals surface area contributed by atoms with Gasteiger partial charge >= 0.3 is 0 Å². The van der Waals surface area contributed by atoms with E-state index in [1.54, 1.807) is 6.33 Å². The van der Waals surface area contributed by atoms with E-state index in [1.807, 2.05) is 42.9 Å². The zero-order valence-corrected chi connectivity index (χ0v) is 12.8. The second kappa shape index (κ2) is 5.67. The van der Waals surface area contributed by atoms with Crippen LogP contribution in [0.4, 0.5) is 11.8 Å². The fourth-order valence-electron chi connectivity index (χ4n) is 2.79. The monoisotopic (exact) mass is 287 g/mol. The Morgan fingerprint density at radius 2 is 2.19 bits per heavy atom. The van der Waals surface area contributed by atoms with E-state index in [1.165, 1.54) is 0 Å². The second-order valence-corrected chi connectivity index (χ2v) is 5.69. The summed E-state index contributed by atoms with van der Waals surface area (Å²) < 4.78 is 2.01. The molecule has 0 bridgehead atoms. The minimum atomic E-state index is 0.407. The Bertz CT molecular complexity index is 607. The van der Waals surface area contributed by atoms with Crippen LogP contribution in [-0.2, 0) is 7.05 Å². The zero-order chi connectivity index (χ0) is 14.8. The van der Waals surface area contributed by atoms with E-state index < -0.39 is 0 Å². The van der Waals surface area contributed by atoms with E-state index in [0.717, 1.165) is 43.5 Å². The van der Waals surface area contributed by atoms with Crippen molar-refractivity contribution in [2.75, 3.05) is 37.0 Å². The Balaban J connectivity index is 1.80. The maximum Gasteiger partial charge on any atom is 0.226 e. The van der Waals surface area contributed by atoms with Gasteiger partial charge in [-0.3, -0.25) is 0 Å². The van der Waals surface area contributed by atoms with Crippen LogP contribution >= 0.6 is 0 Å². The summed E-state index contributed by atoms with van der Waals surface area (Å²) in [7, 11) is 5.92. The highest BCUT2D eigenvalue weighted by atomic mass is 15.3. The first-order valence-corrected chi connectivity index (χ1v) is 7.24. The van der Waals surface area contributed by atoms with E-state index in [0.29, 0.717) is 5.92 Å². The Hall–Kier alpha value is -2.18. The average Bonchev–Trinajstić information content (AvgIpc) is 2.94. The van der Waals surface area contributed by atoms with Gasteiger partial charge < -0.3 is 14.4 Å². The first-order chi connectivity index (χ1) is 10.1. The normalized spacial score (nSPS) is 18.8. The molecule has 7 nitrogen and oxygen atoms in total. The molecular formula is C14H21N7. The van der Waals surface area contributed by atoms with Crippen molar-refractivity contribution in [2.45, 2.75) is 18.8 Å². The molecule has 1 saturated heterocycles. The molecule has 1 unspecified atom stereocenters. The highest BCUT2D eigenvalue weighted by Gasteiger charge is 2.25. The summed E-state index contributed by atoms with van der Waals surface area (Å²) in [4.78, 5) is 13.2. The second-order valence-electron chi connectivity index (χ2n) is 5.69. The van der Waals surface area contributed by atoms with Gasteiger partial charge in [0.05, 0.1) is 0 Å². The molecule has 2 aromatic rings. The fraction of sp³-hybridized carbons (Fsp3) is 0.571. The van der Waals surface area contributed by atoms with E-state index in [2.05, 4.69) is 25.1 Å². The summed E-state index contributed by atoms with van der Waals surface area (Å²) >= 11 is 0. The first kappa shape index (κ1) is 13.8. The van der Waals surface area contributed by atoms with Crippen molar-refractivity contribution in [1.82, 2.24) is 24.7 Å². The van der Waals surface area contributed by atoms with Crippen molar-refractivity contribution in [2.24, 2.45) is 7.05 Å². The van der Waals surface area contributed by atoms with Crippen molar-refractivity contribution in [3.8, 4) is 0 Å². The molecule has 1 fully saturated rings. The topological polar surface area (TPSA) is 63.0 Å².